The van der Waals surface area contributed by atoms with E-state index in [4.69, 9.17) is 9.84 Å². The molecule has 0 saturated carbocycles. The van der Waals surface area contributed by atoms with E-state index in [1.807, 2.05) is 26.0 Å². The van der Waals surface area contributed by atoms with Crippen molar-refractivity contribution in [3.05, 3.63) is 23.8 Å². The van der Waals surface area contributed by atoms with Gasteiger partial charge in [0, 0.05) is 0 Å². The van der Waals surface area contributed by atoms with Gasteiger partial charge in [0.2, 0.25) is 0 Å². The van der Waals surface area contributed by atoms with Gasteiger partial charge in [-0.25, -0.2) is 4.79 Å². The lowest BCUT2D eigenvalue weighted by molar-refractivity contribution is -0.135. The number of aliphatic carboxylic acids is 1. The van der Waals surface area contributed by atoms with Crippen LogP contribution in [0.5, 0.6) is 5.75 Å². The van der Waals surface area contributed by atoms with Crippen molar-refractivity contribution in [1.29, 1.82) is 0 Å². The van der Waals surface area contributed by atoms with Crippen LogP contribution in [0.2, 0.25) is 0 Å². The third kappa shape index (κ3) is 4.50. The molecular weight excluding hydrogens is 248 g/mol. The van der Waals surface area contributed by atoms with Crippen LogP contribution in [0, 0.1) is 0 Å². The molecule has 0 bridgehead atoms. The summed E-state index contributed by atoms with van der Waals surface area (Å²) in [5.74, 6) is -0.263. The molecule has 0 aliphatic carbocycles. The largest absolute Gasteiger partial charge is 0.495 e. The summed E-state index contributed by atoms with van der Waals surface area (Å²) in [6.45, 7) is 3.64. The zero-order chi connectivity index (χ0) is 14.4. The van der Waals surface area contributed by atoms with Crippen LogP contribution in [-0.4, -0.2) is 30.8 Å². The highest BCUT2D eigenvalue weighted by atomic mass is 16.5. The molecule has 0 radical (unpaired) electrons. The van der Waals surface area contributed by atoms with E-state index >= 15 is 0 Å². The Bertz CT molecular complexity index is 472. The third-order valence-electron chi connectivity index (χ3n) is 2.54. The molecule has 0 aliphatic rings. The molecule has 0 fully saturated rings. The van der Waals surface area contributed by atoms with Gasteiger partial charge in [-0.15, -0.1) is 0 Å². The van der Waals surface area contributed by atoms with Crippen LogP contribution in [0.4, 0.5) is 10.5 Å². The van der Waals surface area contributed by atoms with Crippen LogP contribution < -0.4 is 15.4 Å². The summed E-state index contributed by atoms with van der Waals surface area (Å²) in [5.41, 5.74) is 1.56. The topological polar surface area (TPSA) is 87.7 Å². The second-order valence-corrected chi connectivity index (χ2v) is 4.32. The van der Waals surface area contributed by atoms with Crippen molar-refractivity contribution in [1.82, 2.24) is 5.32 Å². The third-order valence-corrected chi connectivity index (χ3v) is 2.54. The van der Waals surface area contributed by atoms with E-state index in [2.05, 4.69) is 10.6 Å². The number of urea groups is 1. The number of hydrogen-bond acceptors (Lipinski definition) is 3. The van der Waals surface area contributed by atoms with E-state index in [1.54, 1.807) is 6.07 Å². The average molecular weight is 266 g/mol. The normalized spacial score (nSPS) is 10.1. The number of carbonyl (C=O) groups excluding carboxylic acids is 1. The molecule has 0 saturated heterocycles. The zero-order valence-corrected chi connectivity index (χ0v) is 11.2. The molecule has 3 N–H and O–H groups in total. The fourth-order valence-corrected chi connectivity index (χ4v) is 1.50. The summed E-state index contributed by atoms with van der Waals surface area (Å²) in [4.78, 5) is 21.9. The molecule has 6 heteroatoms. The van der Waals surface area contributed by atoms with Crippen molar-refractivity contribution in [2.75, 3.05) is 19.0 Å². The SMILES string of the molecule is COc1ccc(C(C)C)cc1NC(=O)NCC(=O)O. The van der Waals surface area contributed by atoms with Gasteiger partial charge in [-0.05, 0) is 23.6 Å². The standard InChI is InChI=1S/C13H18N2O4/c1-8(2)9-4-5-11(19-3)10(6-9)15-13(18)14-7-12(16)17/h4-6,8H,7H2,1-3H3,(H,16,17)(H2,14,15,18). The summed E-state index contributed by atoms with van der Waals surface area (Å²) in [6.07, 6.45) is 0. The van der Waals surface area contributed by atoms with Gasteiger partial charge in [0.15, 0.2) is 0 Å². The fourth-order valence-electron chi connectivity index (χ4n) is 1.50. The highest BCUT2D eigenvalue weighted by molar-refractivity contribution is 5.92. The highest BCUT2D eigenvalue weighted by Gasteiger charge is 2.10. The predicted octanol–water partition coefficient (Wildman–Crippen LogP) is 2.02. The second kappa shape index (κ2) is 6.63. The van der Waals surface area contributed by atoms with Crippen molar-refractivity contribution < 1.29 is 19.4 Å². The van der Waals surface area contributed by atoms with E-state index in [0.29, 0.717) is 17.4 Å². The lowest BCUT2D eigenvalue weighted by Gasteiger charge is -2.13. The highest BCUT2D eigenvalue weighted by Crippen LogP contribution is 2.28. The Labute approximate surface area is 111 Å². The number of nitrogens with one attached hydrogen (secondary N) is 2. The maximum Gasteiger partial charge on any atom is 0.323 e. The van der Waals surface area contributed by atoms with Crippen molar-refractivity contribution >= 4 is 17.7 Å². The lowest BCUT2D eigenvalue weighted by Crippen LogP contribution is -2.33. The lowest BCUT2D eigenvalue weighted by atomic mass is 10.0. The van der Waals surface area contributed by atoms with E-state index in [1.165, 1.54) is 7.11 Å². The number of hydrogen-bond donors (Lipinski definition) is 3. The molecule has 104 valence electrons. The Morgan fingerprint density at radius 3 is 2.58 bits per heavy atom. The zero-order valence-electron chi connectivity index (χ0n) is 11.2. The summed E-state index contributed by atoms with van der Waals surface area (Å²) in [7, 11) is 1.50. The average Bonchev–Trinajstić information content (AvgIpc) is 2.36. The molecule has 2 amide bonds. The van der Waals surface area contributed by atoms with Gasteiger partial charge in [-0.2, -0.15) is 0 Å². The quantitative estimate of drug-likeness (QED) is 0.761. The molecule has 6 nitrogen and oxygen atoms in total. The van der Waals surface area contributed by atoms with Crippen LogP contribution in [-0.2, 0) is 4.79 Å². The van der Waals surface area contributed by atoms with Gasteiger partial charge < -0.3 is 20.5 Å². The maximum atomic E-state index is 11.5. The van der Waals surface area contributed by atoms with Crippen molar-refractivity contribution in [3.8, 4) is 5.75 Å². The minimum Gasteiger partial charge on any atom is -0.495 e. The van der Waals surface area contributed by atoms with Gasteiger partial charge in [-0.1, -0.05) is 19.9 Å². The number of methoxy groups -OCH3 is 1. The molecule has 0 heterocycles. The number of anilines is 1. The maximum absolute atomic E-state index is 11.5. The first-order chi connectivity index (χ1) is 8.93. The van der Waals surface area contributed by atoms with E-state index in [0.717, 1.165) is 5.56 Å². The summed E-state index contributed by atoms with van der Waals surface area (Å²) >= 11 is 0. The van der Waals surface area contributed by atoms with Crippen molar-refractivity contribution in [3.63, 3.8) is 0 Å². The molecule has 0 unspecified atom stereocenters. The number of carboxylic acids is 1. The smallest absolute Gasteiger partial charge is 0.323 e. The summed E-state index contributed by atoms with van der Waals surface area (Å²) in [6, 6.07) is 4.91. The van der Waals surface area contributed by atoms with Crippen LogP contribution in [0.25, 0.3) is 0 Å². The first-order valence-corrected chi connectivity index (χ1v) is 5.88. The molecule has 0 atom stereocenters. The Hall–Kier alpha value is -2.24. The molecule has 1 aromatic carbocycles. The van der Waals surface area contributed by atoms with Crippen LogP contribution in [0.1, 0.15) is 25.3 Å². The second-order valence-electron chi connectivity index (χ2n) is 4.32. The molecule has 1 rings (SSSR count). The first-order valence-electron chi connectivity index (χ1n) is 5.88. The number of rotatable bonds is 5. The number of amides is 2. The van der Waals surface area contributed by atoms with Crippen LogP contribution >= 0.6 is 0 Å². The molecule has 0 aliphatic heterocycles. The predicted molar refractivity (Wildman–Crippen MR) is 71.7 cm³/mol. The molecular formula is C13H18N2O4. The van der Waals surface area contributed by atoms with Crippen LogP contribution in [0.3, 0.4) is 0 Å². The Morgan fingerprint density at radius 2 is 2.05 bits per heavy atom. The van der Waals surface area contributed by atoms with Crippen molar-refractivity contribution in [2.45, 2.75) is 19.8 Å². The fraction of sp³-hybridized carbons (Fsp3) is 0.385. The van der Waals surface area contributed by atoms with Gasteiger partial charge in [-0.3, -0.25) is 4.79 Å². The Kier molecular flexibility index (Phi) is 5.17. The monoisotopic (exact) mass is 266 g/mol. The minimum absolute atomic E-state index is 0.313. The van der Waals surface area contributed by atoms with Crippen molar-refractivity contribution in [2.24, 2.45) is 0 Å². The van der Waals surface area contributed by atoms with E-state index < -0.39 is 18.5 Å². The van der Waals surface area contributed by atoms with Crippen LogP contribution in [0.15, 0.2) is 18.2 Å². The first kappa shape index (κ1) is 14.8. The van der Waals surface area contributed by atoms with Gasteiger partial charge in [0.25, 0.3) is 0 Å². The van der Waals surface area contributed by atoms with E-state index in [-0.39, 0.29) is 0 Å². The number of benzene rings is 1. The van der Waals surface area contributed by atoms with E-state index in [9.17, 15) is 9.59 Å². The Morgan fingerprint density at radius 1 is 1.37 bits per heavy atom. The van der Waals surface area contributed by atoms with Gasteiger partial charge in [0.1, 0.15) is 12.3 Å². The summed E-state index contributed by atoms with van der Waals surface area (Å²) < 4.78 is 5.15. The Balaban J connectivity index is 2.82. The minimum atomic E-state index is -1.10. The van der Waals surface area contributed by atoms with Gasteiger partial charge >= 0.3 is 12.0 Å². The number of carbonyl (C=O) groups is 2. The molecule has 19 heavy (non-hydrogen) atoms. The molecule has 0 spiro atoms. The molecule has 0 aromatic heterocycles. The number of carboxylic acid groups (broad SMARTS) is 1. The van der Waals surface area contributed by atoms with Gasteiger partial charge in [0.05, 0.1) is 12.8 Å². The number of ether oxygens (including phenoxy) is 1. The molecule has 1 aromatic rings. The summed E-state index contributed by atoms with van der Waals surface area (Å²) in [5, 5.41) is 13.3.